The third-order valence-corrected chi connectivity index (χ3v) is 3.94. The van der Waals surface area contributed by atoms with Gasteiger partial charge in [-0.1, -0.05) is 91.6 Å². The van der Waals surface area contributed by atoms with Crippen LogP contribution in [0.25, 0.3) is 0 Å². The van der Waals surface area contributed by atoms with Crippen LogP contribution in [-0.4, -0.2) is 12.6 Å². The van der Waals surface area contributed by atoms with Gasteiger partial charge in [0, 0.05) is 5.57 Å². The van der Waals surface area contributed by atoms with Gasteiger partial charge in [-0.15, -0.1) is 0 Å². The Labute approximate surface area is 132 Å². The minimum absolute atomic E-state index is 0.176. The van der Waals surface area contributed by atoms with E-state index in [-0.39, 0.29) is 11.9 Å². The van der Waals surface area contributed by atoms with Crippen LogP contribution in [0.4, 0.5) is 0 Å². The van der Waals surface area contributed by atoms with E-state index in [1.54, 1.807) is 0 Å². The molecular weight excluding hydrogens is 260 g/mol. The van der Waals surface area contributed by atoms with Gasteiger partial charge in [-0.25, -0.2) is 4.79 Å². The van der Waals surface area contributed by atoms with Crippen molar-refractivity contribution in [3.05, 3.63) is 12.2 Å². The van der Waals surface area contributed by atoms with Crippen molar-refractivity contribution in [1.82, 2.24) is 0 Å². The summed E-state index contributed by atoms with van der Waals surface area (Å²) < 4.78 is 5.21. The third kappa shape index (κ3) is 12.6. The van der Waals surface area contributed by atoms with E-state index in [0.717, 1.165) is 12.8 Å². The average molecular weight is 296 g/mol. The van der Waals surface area contributed by atoms with Crippen LogP contribution in [0.1, 0.15) is 91.4 Å². The molecule has 0 aliphatic heterocycles. The van der Waals surface area contributed by atoms with E-state index >= 15 is 0 Å². The normalized spacial score (nSPS) is 10.9. The highest BCUT2D eigenvalue weighted by atomic mass is 16.5. The van der Waals surface area contributed by atoms with Crippen LogP contribution in [0.2, 0.25) is 0 Å². The van der Waals surface area contributed by atoms with Crippen LogP contribution in [0.15, 0.2) is 12.2 Å². The zero-order valence-corrected chi connectivity index (χ0v) is 14.6. The van der Waals surface area contributed by atoms with E-state index in [1.165, 1.54) is 57.8 Å². The highest BCUT2D eigenvalue weighted by molar-refractivity contribution is 5.88. The van der Waals surface area contributed by atoms with Gasteiger partial charge < -0.3 is 4.74 Å². The number of hydrogen-bond donors (Lipinski definition) is 0. The predicted molar refractivity (Wildman–Crippen MR) is 91.4 cm³/mol. The molecule has 2 heteroatoms. The summed E-state index contributed by atoms with van der Waals surface area (Å²) in [6.07, 6.45) is 14.4. The number of unbranched alkanes of at least 4 members (excludes halogenated alkanes) is 10. The Morgan fingerprint density at radius 2 is 1.29 bits per heavy atom. The maximum absolute atomic E-state index is 11.5. The first kappa shape index (κ1) is 20.2. The fourth-order valence-corrected chi connectivity index (χ4v) is 2.26. The fraction of sp³-hybridized carbons (Fsp3) is 0.842. The summed E-state index contributed by atoms with van der Waals surface area (Å²) in [6.45, 7) is 10.5. The van der Waals surface area contributed by atoms with Crippen molar-refractivity contribution in [3.8, 4) is 0 Å². The number of carbonyl (C=O) groups excluding carboxylic acids is 1. The molecule has 0 heterocycles. The lowest BCUT2D eigenvalue weighted by Crippen LogP contribution is -2.12. The molecule has 0 radical (unpaired) electrons. The summed E-state index contributed by atoms with van der Waals surface area (Å²) in [5.74, 6) is -0.0492. The molecule has 21 heavy (non-hydrogen) atoms. The van der Waals surface area contributed by atoms with Crippen LogP contribution < -0.4 is 0 Å². The van der Waals surface area contributed by atoms with E-state index in [2.05, 4.69) is 13.5 Å². The van der Waals surface area contributed by atoms with E-state index in [4.69, 9.17) is 4.74 Å². The highest BCUT2D eigenvalue weighted by Gasteiger charge is 2.11. The van der Waals surface area contributed by atoms with Crippen LogP contribution in [0.3, 0.4) is 0 Å². The largest absolute Gasteiger partial charge is 0.462 e. The van der Waals surface area contributed by atoms with Gasteiger partial charge in [0.25, 0.3) is 0 Å². The van der Waals surface area contributed by atoms with Gasteiger partial charge in [-0.3, -0.25) is 0 Å². The van der Waals surface area contributed by atoms with Crippen molar-refractivity contribution in [1.29, 1.82) is 0 Å². The minimum atomic E-state index is -0.225. The second-order valence-corrected chi connectivity index (χ2v) is 6.35. The Balaban J connectivity index is 3.22. The Bertz CT molecular complexity index is 269. The van der Waals surface area contributed by atoms with Gasteiger partial charge in [0.15, 0.2) is 0 Å². The Kier molecular flexibility index (Phi) is 13.6. The first-order valence-corrected chi connectivity index (χ1v) is 8.95. The molecule has 0 rings (SSSR count). The molecule has 0 saturated heterocycles. The van der Waals surface area contributed by atoms with Crippen molar-refractivity contribution in [3.63, 3.8) is 0 Å². The molecular formula is C19H36O2. The lowest BCUT2D eigenvalue weighted by atomic mass is 10.1. The number of hydrogen-bond acceptors (Lipinski definition) is 2. The molecule has 0 amide bonds. The number of ether oxygens (including phenoxy) is 1. The van der Waals surface area contributed by atoms with Crippen molar-refractivity contribution in [2.75, 3.05) is 6.61 Å². The molecule has 0 unspecified atom stereocenters. The summed E-state index contributed by atoms with van der Waals surface area (Å²) in [6, 6.07) is 0. The van der Waals surface area contributed by atoms with Crippen LogP contribution in [0.5, 0.6) is 0 Å². The molecule has 0 aromatic heterocycles. The molecule has 0 aliphatic rings. The average Bonchev–Trinajstić information content (AvgIpc) is 2.47. The SMILES string of the molecule is C=C(C(=O)OCCCCCCCCCCCCC)C(C)C. The van der Waals surface area contributed by atoms with E-state index in [0.29, 0.717) is 12.2 Å². The van der Waals surface area contributed by atoms with E-state index < -0.39 is 0 Å². The van der Waals surface area contributed by atoms with Gasteiger partial charge in [0.1, 0.15) is 0 Å². The van der Waals surface area contributed by atoms with Crippen molar-refractivity contribution >= 4 is 5.97 Å². The number of esters is 1. The van der Waals surface area contributed by atoms with E-state index in [9.17, 15) is 4.79 Å². The highest BCUT2D eigenvalue weighted by Crippen LogP contribution is 2.12. The van der Waals surface area contributed by atoms with Crippen molar-refractivity contribution in [2.45, 2.75) is 91.4 Å². The second-order valence-electron chi connectivity index (χ2n) is 6.35. The maximum Gasteiger partial charge on any atom is 0.333 e. The Morgan fingerprint density at radius 1 is 0.857 bits per heavy atom. The van der Waals surface area contributed by atoms with Gasteiger partial charge in [-0.05, 0) is 12.3 Å². The maximum atomic E-state index is 11.5. The Morgan fingerprint density at radius 3 is 1.71 bits per heavy atom. The summed E-state index contributed by atoms with van der Waals surface area (Å²) >= 11 is 0. The van der Waals surface area contributed by atoms with Crippen LogP contribution >= 0.6 is 0 Å². The zero-order chi connectivity index (χ0) is 15.9. The second kappa shape index (κ2) is 14.2. The van der Waals surface area contributed by atoms with Crippen LogP contribution in [0, 0.1) is 5.92 Å². The Hall–Kier alpha value is -0.790. The topological polar surface area (TPSA) is 26.3 Å². The number of carbonyl (C=O) groups is 1. The lowest BCUT2D eigenvalue weighted by Gasteiger charge is -2.09. The molecule has 0 saturated carbocycles. The fourth-order valence-electron chi connectivity index (χ4n) is 2.26. The van der Waals surface area contributed by atoms with Gasteiger partial charge >= 0.3 is 5.97 Å². The quantitative estimate of drug-likeness (QED) is 0.221. The lowest BCUT2D eigenvalue weighted by molar-refractivity contribution is -0.139. The predicted octanol–water partition coefficient (Wildman–Crippen LogP) is 6.05. The summed E-state index contributed by atoms with van der Waals surface area (Å²) in [7, 11) is 0. The first-order chi connectivity index (χ1) is 10.1. The molecule has 0 bridgehead atoms. The molecule has 0 atom stereocenters. The van der Waals surface area contributed by atoms with Gasteiger partial charge in [0.05, 0.1) is 6.61 Å². The van der Waals surface area contributed by atoms with Crippen molar-refractivity contribution in [2.24, 2.45) is 5.92 Å². The third-order valence-electron chi connectivity index (χ3n) is 3.94. The standard InChI is InChI=1S/C19H36O2/c1-5-6-7-8-9-10-11-12-13-14-15-16-21-19(20)18(4)17(2)3/h17H,4-16H2,1-3H3. The molecule has 0 aromatic carbocycles. The summed E-state index contributed by atoms with van der Waals surface area (Å²) in [5.41, 5.74) is 0.582. The first-order valence-electron chi connectivity index (χ1n) is 8.95. The summed E-state index contributed by atoms with van der Waals surface area (Å²) in [4.78, 5) is 11.5. The molecule has 0 N–H and O–H groups in total. The molecule has 124 valence electrons. The monoisotopic (exact) mass is 296 g/mol. The number of rotatable bonds is 14. The molecule has 0 spiro atoms. The van der Waals surface area contributed by atoms with Gasteiger partial charge in [0.2, 0.25) is 0 Å². The zero-order valence-electron chi connectivity index (χ0n) is 14.6. The molecule has 2 nitrogen and oxygen atoms in total. The molecule has 0 aliphatic carbocycles. The summed E-state index contributed by atoms with van der Waals surface area (Å²) in [5, 5.41) is 0. The smallest absolute Gasteiger partial charge is 0.333 e. The van der Waals surface area contributed by atoms with Crippen LogP contribution in [-0.2, 0) is 9.53 Å². The molecule has 0 fully saturated rings. The minimum Gasteiger partial charge on any atom is -0.462 e. The molecule has 0 aromatic rings. The van der Waals surface area contributed by atoms with Gasteiger partial charge in [-0.2, -0.15) is 0 Å². The van der Waals surface area contributed by atoms with E-state index in [1.807, 2.05) is 13.8 Å². The van der Waals surface area contributed by atoms with Crippen molar-refractivity contribution < 1.29 is 9.53 Å².